The third-order valence-electron chi connectivity index (χ3n) is 1.60. The number of aliphatic carboxylic acids is 2. The molecular formula is C10H9ClO6. The van der Waals surface area contributed by atoms with E-state index in [1.54, 1.807) is 0 Å². The van der Waals surface area contributed by atoms with Gasteiger partial charge in [-0.3, -0.25) is 0 Å². The van der Waals surface area contributed by atoms with Crippen LogP contribution in [0.3, 0.4) is 0 Å². The Morgan fingerprint density at radius 1 is 1.29 bits per heavy atom. The molecule has 1 rings (SSSR count). The summed E-state index contributed by atoms with van der Waals surface area (Å²) < 4.78 is 9.74. The Kier molecular flexibility index (Phi) is 4.59. The van der Waals surface area contributed by atoms with Crippen LogP contribution >= 0.6 is 11.6 Å². The smallest absolute Gasteiger partial charge is 0.360 e. The monoisotopic (exact) mass is 260 g/mol. The van der Waals surface area contributed by atoms with E-state index in [0.29, 0.717) is 0 Å². The Morgan fingerprint density at radius 3 is 2.53 bits per heavy atom. The maximum absolute atomic E-state index is 10.4. The lowest BCUT2D eigenvalue weighted by Gasteiger charge is -2.09. The van der Waals surface area contributed by atoms with Crippen LogP contribution in [0.5, 0.6) is 11.5 Å². The SMILES string of the molecule is O=C(O)COc1cccc(OC(Cl)C(=O)O)c1. The molecular weight excluding hydrogens is 252 g/mol. The van der Waals surface area contributed by atoms with Crippen molar-refractivity contribution in [3.8, 4) is 11.5 Å². The molecule has 0 aromatic heterocycles. The minimum absolute atomic E-state index is 0.176. The summed E-state index contributed by atoms with van der Waals surface area (Å²) in [6, 6.07) is 5.87. The number of alkyl halides is 1. The number of carboxylic acid groups (broad SMARTS) is 2. The van der Waals surface area contributed by atoms with Crippen LogP contribution in [0.25, 0.3) is 0 Å². The second-order valence-electron chi connectivity index (χ2n) is 2.93. The molecule has 0 spiro atoms. The van der Waals surface area contributed by atoms with E-state index < -0.39 is 24.1 Å². The highest BCUT2D eigenvalue weighted by Gasteiger charge is 2.15. The molecule has 1 aromatic carbocycles. The molecule has 0 amide bonds. The normalized spacial score (nSPS) is 11.6. The molecule has 1 unspecified atom stereocenters. The van der Waals surface area contributed by atoms with Crippen LogP contribution in [0.1, 0.15) is 0 Å². The van der Waals surface area contributed by atoms with Crippen molar-refractivity contribution in [2.45, 2.75) is 5.56 Å². The summed E-state index contributed by atoms with van der Waals surface area (Å²) in [6.07, 6.45) is 0. The molecule has 17 heavy (non-hydrogen) atoms. The topological polar surface area (TPSA) is 93.1 Å². The first-order valence-corrected chi connectivity index (χ1v) is 4.91. The number of hydrogen-bond acceptors (Lipinski definition) is 4. The van der Waals surface area contributed by atoms with Gasteiger partial charge in [0, 0.05) is 6.07 Å². The van der Waals surface area contributed by atoms with E-state index in [0.717, 1.165) is 0 Å². The van der Waals surface area contributed by atoms with Crippen LogP contribution in [-0.4, -0.2) is 34.3 Å². The largest absolute Gasteiger partial charge is 0.482 e. The highest BCUT2D eigenvalue weighted by molar-refractivity contribution is 6.28. The minimum Gasteiger partial charge on any atom is -0.482 e. The fraction of sp³-hybridized carbons (Fsp3) is 0.200. The molecule has 0 aliphatic carbocycles. The van der Waals surface area contributed by atoms with Gasteiger partial charge in [0.2, 0.25) is 0 Å². The van der Waals surface area contributed by atoms with Gasteiger partial charge in [-0.1, -0.05) is 17.7 Å². The van der Waals surface area contributed by atoms with Gasteiger partial charge in [-0.15, -0.1) is 0 Å². The zero-order chi connectivity index (χ0) is 12.8. The van der Waals surface area contributed by atoms with Crippen LogP contribution < -0.4 is 9.47 Å². The summed E-state index contributed by atoms with van der Waals surface area (Å²) in [4.78, 5) is 20.7. The molecule has 0 aliphatic rings. The molecule has 0 heterocycles. The van der Waals surface area contributed by atoms with Crippen molar-refractivity contribution in [2.75, 3.05) is 6.61 Å². The van der Waals surface area contributed by atoms with Gasteiger partial charge in [0.25, 0.3) is 5.56 Å². The van der Waals surface area contributed by atoms with E-state index in [4.69, 9.17) is 31.3 Å². The predicted molar refractivity (Wildman–Crippen MR) is 57.5 cm³/mol. The lowest BCUT2D eigenvalue weighted by Crippen LogP contribution is -2.20. The van der Waals surface area contributed by atoms with Crippen LogP contribution in [0.15, 0.2) is 24.3 Å². The highest BCUT2D eigenvalue weighted by atomic mass is 35.5. The van der Waals surface area contributed by atoms with Gasteiger partial charge in [-0.05, 0) is 12.1 Å². The number of ether oxygens (including phenoxy) is 2. The Balaban J connectivity index is 2.65. The Morgan fingerprint density at radius 2 is 1.94 bits per heavy atom. The van der Waals surface area contributed by atoms with Crippen molar-refractivity contribution in [3.05, 3.63) is 24.3 Å². The molecule has 7 heteroatoms. The molecule has 2 N–H and O–H groups in total. The maximum Gasteiger partial charge on any atom is 0.360 e. The molecule has 6 nitrogen and oxygen atoms in total. The zero-order valence-electron chi connectivity index (χ0n) is 8.50. The van der Waals surface area contributed by atoms with E-state index in [1.807, 2.05) is 0 Å². The van der Waals surface area contributed by atoms with E-state index in [1.165, 1.54) is 24.3 Å². The van der Waals surface area contributed by atoms with Gasteiger partial charge < -0.3 is 19.7 Å². The molecule has 0 aliphatic heterocycles. The van der Waals surface area contributed by atoms with Crippen molar-refractivity contribution in [1.82, 2.24) is 0 Å². The Labute approximate surface area is 101 Å². The number of carbonyl (C=O) groups is 2. The molecule has 0 saturated carbocycles. The number of carboxylic acids is 2. The standard InChI is InChI=1S/C10H9ClO6/c11-9(10(14)15)17-7-3-1-2-6(4-7)16-5-8(12)13/h1-4,9H,5H2,(H,12,13)(H,14,15). The fourth-order valence-electron chi connectivity index (χ4n) is 0.952. The number of rotatable bonds is 6. The van der Waals surface area contributed by atoms with Crippen LogP contribution in [0, 0.1) is 0 Å². The van der Waals surface area contributed by atoms with Crippen LogP contribution in [-0.2, 0) is 9.59 Å². The summed E-state index contributed by atoms with van der Waals surface area (Å²) in [5.74, 6) is -2.00. The van der Waals surface area contributed by atoms with Gasteiger partial charge in [0.1, 0.15) is 11.5 Å². The van der Waals surface area contributed by atoms with Crippen LogP contribution in [0.4, 0.5) is 0 Å². The first-order chi connectivity index (χ1) is 7.99. The summed E-state index contributed by atoms with van der Waals surface area (Å²) in [6.45, 7) is -0.493. The molecule has 0 bridgehead atoms. The number of halogens is 1. The van der Waals surface area contributed by atoms with Gasteiger partial charge in [0.15, 0.2) is 6.61 Å². The Hall–Kier alpha value is -1.95. The van der Waals surface area contributed by atoms with Crippen molar-refractivity contribution in [3.63, 3.8) is 0 Å². The number of benzene rings is 1. The zero-order valence-corrected chi connectivity index (χ0v) is 9.26. The second-order valence-corrected chi connectivity index (χ2v) is 3.33. The van der Waals surface area contributed by atoms with Crippen molar-refractivity contribution in [2.24, 2.45) is 0 Å². The first-order valence-electron chi connectivity index (χ1n) is 4.47. The predicted octanol–water partition coefficient (Wildman–Crippen LogP) is 1.18. The molecule has 1 aromatic rings. The van der Waals surface area contributed by atoms with Gasteiger partial charge in [-0.25, -0.2) is 9.59 Å². The van der Waals surface area contributed by atoms with Crippen molar-refractivity contribution >= 4 is 23.5 Å². The quantitative estimate of drug-likeness (QED) is 0.746. The van der Waals surface area contributed by atoms with Crippen LogP contribution in [0.2, 0.25) is 0 Å². The highest BCUT2D eigenvalue weighted by Crippen LogP contribution is 2.21. The second kappa shape index (κ2) is 5.95. The summed E-state index contributed by atoms with van der Waals surface area (Å²) >= 11 is 5.37. The van der Waals surface area contributed by atoms with E-state index in [9.17, 15) is 9.59 Å². The third-order valence-corrected chi connectivity index (χ3v) is 1.88. The summed E-state index contributed by atoms with van der Waals surface area (Å²) in [5.41, 5.74) is -1.51. The lowest BCUT2D eigenvalue weighted by molar-refractivity contribution is -0.141. The maximum atomic E-state index is 10.4. The molecule has 92 valence electrons. The van der Waals surface area contributed by atoms with Crippen molar-refractivity contribution in [1.29, 1.82) is 0 Å². The molecule has 0 saturated heterocycles. The fourth-order valence-corrected chi connectivity index (χ4v) is 1.06. The summed E-state index contributed by atoms with van der Waals surface area (Å²) in [5, 5.41) is 16.9. The average Bonchev–Trinajstić information content (AvgIpc) is 2.26. The van der Waals surface area contributed by atoms with E-state index in [2.05, 4.69) is 0 Å². The lowest BCUT2D eigenvalue weighted by atomic mass is 10.3. The van der Waals surface area contributed by atoms with Gasteiger partial charge >= 0.3 is 11.9 Å². The molecule has 1 atom stereocenters. The van der Waals surface area contributed by atoms with Crippen molar-refractivity contribution < 1.29 is 29.3 Å². The Bertz CT molecular complexity index is 419. The first kappa shape index (κ1) is 13.1. The summed E-state index contributed by atoms with van der Waals surface area (Å²) in [7, 11) is 0. The minimum atomic E-state index is -1.51. The average molecular weight is 261 g/mol. The number of hydrogen-bond donors (Lipinski definition) is 2. The third kappa shape index (κ3) is 4.60. The van der Waals surface area contributed by atoms with E-state index >= 15 is 0 Å². The molecule has 0 radical (unpaired) electrons. The van der Waals surface area contributed by atoms with E-state index in [-0.39, 0.29) is 11.5 Å². The van der Waals surface area contributed by atoms with Gasteiger partial charge in [0.05, 0.1) is 0 Å². The molecule has 0 fully saturated rings. The van der Waals surface area contributed by atoms with Gasteiger partial charge in [-0.2, -0.15) is 0 Å².